The maximum Gasteiger partial charge on any atom is 0.427 e. The van der Waals surface area contributed by atoms with E-state index in [-0.39, 0.29) is 12.2 Å². The van der Waals surface area contributed by atoms with Crippen LogP contribution in [0.2, 0.25) is 0 Å². The Hall–Kier alpha value is -2.83. The zero-order valence-corrected chi connectivity index (χ0v) is 11.8. The number of aryl methyl sites for hydroxylation is 1. The van der Waals surface area contributed by atoms with Crippen LogP contribution in [-0.4, -0.2) is 28.7 Å². The Morgan fingerprint density at radius 3 is 2.81 bits per heavy atom. The van der Waals surface area contributed by atoms with Crippen molar-refractivity contribution < 1.29 is 9.53 Å². The lowest BCUT2D eigenvalue weighted by Gasteiger charge is -1.99. The molecule has 1 aromatic heterocycles. The molecule has 0 aliphatic rings. The van der Waals surface area contributed by atoms with Crippen LogP contribution in [0, 0.1) is 6.92 Å². The minimum atomic E-state index is -0.662. The molecule has 0 fully saturated rings. The van der Waals surface area contributed by atoms with Gasteiger partial charge < -0.3 is 4.74 Å². The lowest BCUT2D eigenvalue weighted by molar-refractivity contribution is 0.152. The molecular formula is C14H16N4O3. The number of ether oxygens (including phenoxy) is 1. The van der Waals surface area contributed by atoms with Crippen LogP contribution in [0.1, 0.15) is 18.2 Å². The van der Waals surface area contributed by atoms with Crippen molar-refractivity contribution in [2.24, 2.45) is 5.10 Å². The zero-order chi connectivity index (χ0) is 15.2. The summed E-state index contributed by atoms with van der Waals surface area (Å²) in [6, 6.07) is 9.18. The molecule has 2 N–H and O–H groups in total. The molecule has 1 amide bonds. The lowest BCUT2D eigenvalue weighted by atomic mass is 10.3. The van der Waals surface area contributed by atoms with Gasteiger partial charge in [-0.1, -0.05) is 18.2 Å². The summed E-state index contributed by atoms with van der Waals surface area (Å²) in [5.74, 6) is 0. The van der Waals surface area contributed by atoms with Gasteiger partial charge in [-0.25, -0.2) is 14.9 Å². The molecule has 7 heteroatoms. The lowest BCUT2D eigenvalue weighted by Crippen LogP contribution is -2.20. The summed E-state index contributed by atoms with van der Waals surface area (Å²) in [6.45, 7) is 3.70. The van der Waals surface area contributed by atoms with Crippen molar-refractivity contribution in [3.05, 3.63) is 51.9 Å². The van der Waals surface area contributed by atoms with Crippen molar-refractivity contribution in [3.8, 4) is 5.69 Å². The van der Waals surface area contributed by atoms with Crippen molar-refractivity contribution in [1.29, 1.82) is 0 Å². The summed E-state index contributed by atoms with van der Waals surface area (Å²) in [4.78, 5) is 23.4. The predicted octanol–water partition coefficient (Wildman–Crippen LogP) is 1.55. The molecule has 0 saturated heterocycles. The average Bonchev–Trinajstić information content (AvgIpc) is 2.76. The van der Waals surface area contributed by atoms with Crippen molar-refractivity contribution in [1.82, 2.24) is 15.2 Å². The van der Waals surface area contributed by atoms with Gasteiger partial charge in [0.25, 0.3) is 5.56 Å². The molecular weight excluding hydrogens is 272 g/mol. The van der Waals surface area contributed by atoms with E-state index in [4.69, 9.17) is 0 Å². The Bertz CT molecular complexity index is 701. The van der Waals surface area contributed by atoms with Crippen molar-refractivity contribution in [2.45, 2.75) is 13.8 Å². The van der Waals surface area contributed by atoms with E-state index in [0.29, 0.717) is 11.3 Å². The third-order valence-electron chi connectivity index (χ3n) is 2.76. The molecule has 0 aliphatic carbocycles. The number of H-pyrrole nitrogens is 1. The van der Waals surface area contributed by atoms with Crippen LogP contribution in [0.3, 0.4) is 0 Å². The molecule has 7 nitrogen and oxygen atoms in total. The maximum absolute atomic E-state index is 12.3. The van der Waals surface area contributed by atoms with Crippen LogP contribution in [0.4, 0.5) is 4.79 Å². The number of hydrogen-bond donors (Lipinski definition) is 2. The van der Waals surface area contributed by atoms with E-state index in [1.54, 1.807) is 13.8 Å². The van der Waals surface area contributed by atoms with Crippen molar-refractivity contribution in [2.75, 3.05) is 6.61 Å². The molecule has 0 spiro atoms. The van der Waals surface area contributed by atoms with E-state index in [9.17, 15) is 9.59 Å². The second-order valence-electron chi connectivity index (χ2n) is 4.22. The van der Waals surface area contributed by atoms with Gasteiger partial charge in [-0.3, -0.25) is 9.89 Å². The van der Waals surface area contributed by atoms with Gasteiger partial charge in [0.1, 0.15) is 0 Å². The standard InChI is InChI=1S/C14H16N4O3/c1-3-21-14(20)16-15-9-12-10(2)17-18(13(12)19)11-7-5-4-6-8-11/h4-9,17H,3H2,1-2H3,(H,16,20)/b15-9+. The fourth-order valence-corrected chi connectivity index (χ4v) is 1.78. The van der Waals surface area contributed by atoms with Crippen LogP contribution in [0.5, 0.6) is 0 Å². The molecule has 110 valence electrons. The Kier molecular flexibility index (Phi) is 4.55. The maximum atomic E-state index is 12.3. The summed E-state index contributed by atoms with van der Waals surface area (Å²) in [6.07, 6.45) is 0.634. The highest BCUT2D eigenvalue weighted by Gasteiger charge is 2.10. The molecule has 0 aliphatic heterocycles. The summed E-state index contributed by atoms with van der Waals surface area (Å²) in [5, 5.41) is 6.67. The Morgan fingerprint density at radius 1 is 1.43 bits per heavy atom. The van der Waals surface area contributed by atoms with Gasteiger partial charge >= 0.3 is 6.09 Å². The zero-order valence-electron chi connectivity index (χ0n) is 11.8. The number of benzene rings is 1. The van der Waals surface area contributed by atoms with Gasteiger partial charge in [-0.05, 0) is 26.0 Å². The van der Waals surface area contributed by atoms with Gasteiger partial charge in [0.05, 0.1) is 24.1 Å². The van der Waals surface area contributed by atoms with Gasteiger partial charge in [-0.15, -0.1) is 0 Å². The average molecular weight is 288 g/mol. The summed E-state index contributed by atoms with van der Waals surface area (Å²) in [7, 11) is 0. The SMILES string of the molecule is CCOC(=O)N/N=C/c1c(C)[nH]n(-c2ccccc2)c1=O. The van der Waals surface area contributed by atoms with Crippen molar-refractivity contribution in [3.63, 3.8) is 0 Å². The fourth-order valence-electron chi connectivity index (χ4n) is 1.78. The number of amides is 1. The number of hydrogen-bond acceptors (Lipinski definition) is 4. The first kappa shape index (κ1) is 14.6. The van der Waals surface area contributed by atoms with Crippen LogP contribution in [0.15, 0.2) is 40.2 Å². The van der Waals surface area contributed by atoms with E-state index >= 15 is 0 Å². The summed E-state index contributed by atoms with van der Waals surface area (Å²) >= 11 is 0. The van der Waals surface area contributed by atoms with Crippen LogP contribution >= 0.6 is 0 Å². The molecule has 0 saturated carbocycles. The highest BCUT2D eigenvalue weighted by Crippen LogP contribution is 2.05. The highest BCUT2D eigenvalue weighted by atomic mass is 16.5. The first-order valence-electron chi connectivity index (χ1n) is 6.46. The van der Waals surface area contributed by atoms with E-state index in [0.717, 1.165) is 5.69 Å². The number of carbonyl (C=O) groups is 1. The van der Waals surface area contributed by atoms with Crippen molar-refractivity contribution >= 4 is 12.3 Å². The third kappa shape index (κ3) is 3.38. The molecule has 2 aromatic rings. The largest absolute Gasteiger partial charge is 0.449 e. The first-order valence-corrected chi connectivity index (χ1v) is 6.46. The van der Waals surface area contributed by atoms with Crippen LogP contribution in [0.25, 0.3) is 5.69 Å². The molecule has 0 atom stereocenters. The second kappa shape index (κ2) is 6.56. The van der Waals surface area contributed by atoms with Gasteiger partial charge in [0, 0.05) is 5.69 Å². The molecule has 1 heterocycles. The minimum Gasteiger partial charge on any atom is -0.449 e. The van der Waals surface area contributed by atoms with E-state index in [2.05, 4.69) is 20.4 Å². The smallest absolute Gasteiger partial charge is 0.427 e. The highest BCUT2D eigenvalue weighted by molar-refractivity contribution is 5.81. The van der Waals surface area contributed by atoms with E-state index < -0.39 is 6.09 Å². The number of nitrogens with one attached hydrogen (secondary N) is 2. The third-order valence-corrected chi connectivity index (χ3v) is 2.76. The number of nitrogens with zero attached hydrogens (tertiary/aromatic N) is 2. The van der Waals surface area contributed by atoms with E-state index in [1.165, 1.54) is 10.9 Å². The predicted molar refractivity (Wildman–Crippen MR) is 78.9 cm³/mol. The number of hydrazone groups is 1. The van der Waals surface area contributed by atoms with Gasteiger partial charge in [0.2, 0.25) is 0 Å². The normalized spacial score (nSPS) is 10.8. The minimum absolute atomic E-state index is 0.242. The topological polar surface area (TPSA) is 88.5 Å². The second-order valence-corrected chi connectivity index (χ2v) is 4.22. The fraction of sp³-hybridized carbons (Fsp3) is 0.214. The molecule has 0 bridgehead atoms. The number of para-hydroxylation sites is 1. The molecule has 0 radical (unpaired) electrons. The Balaban J connectivity index is 2.23. The van der Waals surface area contributed by atoms with E-state index in [1.807, 2.05) is 30.3 Å². The molecule has 1 aromatic carbocycles. The first-order chi connectivity index (χ1) is 10.1. The van der Waals surface area contributed by atoms with Crippen LogP contribution in [-0.2, 0) is 4.74 Å². The number of aromatic nitrogens is 2. The molecule has 0 unspecified atom stereocenters. The molecule has 21 heavy (non-hydrogen) atoms. The van der Waals surface area contributed by atoms with Crippen LogP contribution < -0.4 is 11.0 Å². The summed E-state index contributed by atoms with van der Waals surface area (Å²) < 4.78 is 6.08. The monoisotopic (exact) mass is 288 g/mol. The Morgan fingerprint density at radius 2 is 2.14 bits per heavy atom. The molecule has 2 rings (SSSR count). The van der Waals surface area contributed by atoms with Gasteiger partial charge in [0.15, 0.2) is 0 Å². The number of carbonyl (C=O) groups excluding carboxylic acids is 1. The van der Waals surface area contributed by atoms with Gasteiger partial charge in [-0.2, -0.15) is 5.10 Å². The number of aromatic amines is 1. The Labute approximate surface area is 121 Å². The quantitative estimate of drug-likeness (QED) is 0.661. The number of rotatable bonds is 4. The summed E-state index contributed by atoms with van der Waals surface area (Å²) in [5.41, 5.74) is 3.69.